The second-order valence-electron chi connectivity index (χ2n) is 4.31. The van der Waals surface area contributed by atoms with Crippen molar-refractivity contribution in [3.05, 3.63) is 36.5 Å². The zero-order valence-corrected chi connectivity index (χ0v) is 11.5. The Bertz CT molecular complexity index is 459. The first-order chi connectivity index (χ1) is 9.34. The van der Waals surface area contributed by atoms with Crippen molar-refractivity contribution >= 4 is 23.9 Å². The third-order valence-electron chi connectivity index (χ3n) is 2.77. The summed E-state index contributed by atoms with van der Waals surface area (Å²) < 4.78 is 0. The molecule has 100 valence electrons. The molecule has 19 heavy (non-hydrogen) atoms. The highest BCUT2D eigenvalue weighted by Gasteiger charge is 2.07. The van der Waals surface area contributed by atoms with Crippen LogP contribution >= 0.6 is 11.8 Å². The molecular formula is C14H17N3OS. The molecule has 1 N–H and O–H groups in total. The van der Waals surface area contributed by atoms with Crippen LogP contribution in [0.2, 0.25) is 0 Å². The number of aromatic nitrogens is 1. The average Bonchev–Trinajstić information content (AvgIpc) is 2.47. The predicted octanol–water partition coefficient (Wildman–Crippen LogP) is 2.63. The Kier molecular flexibility index (Phi) is 5.62. The van der Waals surface area contributed by atoms with Crippen LogP contribution in [0, 0.1) is 5.92 Å². The highest BCUT2D eigenvalue weighted by Crippen LogP contribution is 2.15. The summed E-state index contributed by atoms with van der Waals surface area (Å²) in [4.78, 5) is 15.7. The smallest absolute Gasteiger partial charge is 0.250 e. The molecule has 1 aromatic rings. The molecule has 1 heterocycles. The minimum atomic E-state index is -0.0988. The number of hydrogen-bond acceptors (Lipinski definition) is 4. The number of allylic oxidation sites excluding steroid dienone is 2. The Morgan fingerprint density at radius 1 is 1.53 bits per heavy atom. The van der Waals surface area contributed by atoms with Gasteiger partial charge >= 0.3 is 0 Å². The van der Waals surface area contributed by atoms with E-state index in [1.54, 1.807) is 6.20 Å². The minimum Gasteiger partial charge on any atom is -0.272 e. The molecule has 0 aromatic carbocycles. The van der Waals surface area contributed by atoms with Gasteiger partial charge in [-0.2, -0.15) is 5.10 Å². The summed E-state index contributed by atoms with van der Waals surface area (Å²) in [6, 6.07) is 5.64. The van der Waals surface area contributed by atoms with Crippen molar-refractivity contribution in [3.63, 3.8) is 0 Å². The van der Waals surface area contributed by atoms with E-state index in [9.17, 15) is 4.79 Å². The molecule has 0 saturated carbocycles. The Morgan fingerprint density at radius 2 is 2.47 bits per heavy atom. The number of pyridine rings is 1. The normalized spacial score (nSPS) is 18.6. The summed E-state index contributed by atoms with van der Waals surface area (Å²) in [5.74, 6) is 0.686. The molecule has 0 radical (unpaired) electrons. The maximum Gasteiger partial charge on any atom is 0.250 e. The third kappa shape index (κ3) is 5.26. The second-order valence-corrected chi connectivity index (χ2v) is 5.31. The van der Waals surface area contributed by atoms with Crippen molar-refractivity contribution in [1.29, 1.82) is 0 Å². The molecule has 1 aromatic heterocycles. The zero-order valence-electron chi connectivity index (χ0n) is 10.7. The molecule has 1 aliphatic carbocycles. The lowest BCUT2D eigenvalue weighted by Gasteiger charge is -2.11. The van der Waals surface area contributed by atoms with Gasteiger partial charge in [-0.05, 0) is 37.3 Å². The van der Waals surface area contributed by atoms with Crippen molar-refractivity contribution in [2.24, 2.45) is 11.0 Å². The molecule has 1 atom stereocenters. The van der Waals surface area contributed by atoms with Crippen molar-refractivity contribution in [1.82, 2.24) is 10.4 Å². The predicted molar refractivity (Wildman–Crippen MR) is 78.1 cm³/mol. The first kappa shape index (κ1) is 13.8. The lowest BCUT2D eigenvalue weighted by Crippen LogP contribution is -2.20. The van der Waals surface area contributed by atoms with Crippen LogP contribution in [-0.2, 0) is 4.79 Å². The van der Waals surface area contributed by atoms with E-state index in [1.165, 1.54) is 11.8 Å². The second kappa shape index (κ2) is 7.74. The highest BCUT2D eigenvalue weighted by molar-refractivity contribution is 7.99. The van der Waals surface area contributed by atoms with Gasteiger partial charge in [-0.1, -0.05) is 30.0 Å². The fraction of sp³-hybridized carbons (Fsp3) is 0.357. The summed E-state index contributed by atoms with van der Waals surface area (Å²) >= 11 is 1.41. The van der Waals surface area contributed by atoms with E-state index >= 15 is 0 Å². The van der Waals surface area contributed by atoms with Crippen molar-refractivity contribution < 1.29 is 4.79 Å². The number of carbonyl (C=O) groups is 1. The fourth-order valence-corrected chi connectivity index (χ4v) is 2.43. The van der Waals surface area contributed by atoms with E-state index in [1.807, 2.05) is 24.4 Å². The summed E-state index contributed by atoms with van der Waals surface area (Å²) in [5.41, 5.74) is 2.56. The summed E-state index contributed by atoms with van der Waals surface area (Å²) in [6.07, 6.45) is 11.1. The zero-order chi connectivity index (χ0) is 13.3. The van der Waals surface area contributed by atoms with Crippen LogP contribution in [0.15, 0.2) is 46.7 Å². The number of carbonyl (C=O) groups excluding carboxylic acids is 1. The van der Waals surface area contributed by atoms with E-state index in [4.69, 9.17) is 0 Å². The molecular weight excluding hydrogens is 258 g/mol. The fourth-order valence-electron chi connectivity index (χ4n) is 1.77. The van der Waals surface area contributed by atoms with E-state index in [0.29, 0.717) is 11.7 Å². The van der Waals surface area contributed by atoms with Gasteiger partial charge in [0.25, 0.3) is 0 Å². The van der Waals surface area contributed by atoms with Crippen molar-refractivity contribution in [2.75, 3.05) is 5.75 Å². The molecule has 4 nitrogen and oxygen atoms in total. The van der Waals surface area contributed by atoms with Gasteiger partial charge in [-0.3, -0.25) is 4.79 Å². The molecule has 0 bridgehead atoms. The topological polar surface area (TPSA) is 54.4 Å². The molecule has 1 aliphatic rings. The van der Waals surface area contributed by atoms with Gasteiger partial charge in [0.15, 0.2) is 0 Å². The van der Waals surface area contributed by atoms with Crippen LogP contribution in [0.3, 0.4) is 0 Å². The monoisotopic (exact) mass is 275 g/mol. The van der Waals surface area contributed by atoms with Gasteiger partial charge in [-0.25, -0.2) is 10.4 Å². The van der Waals surface area contributed by atoms with Crippen LogP contribution in [0.1, 0.15) is 19.3 Å². The van der Waals surface area contributed by atoms with Gasteiger partial charge in [0.1, 0.15) is 0 Å². The van der Waals surface area contributed by atoms with E-state index in [2.05, 4.69) is 27.7 Å². The quantitative estimate of drug-likeness (QED) is 0.389. The Balaban J connectivity index is 1.67. The largest absolute Gasteiger partial charge is 0.272 e. The molecule has 2 rings (SSSR count). The number of nitrogens with zero attached hydrogens (tertiary/aromatic N) is 2. The van der Waals surface area contributed by atoms with Gasteiger partial charge in [0, 0.05) is 12.4 Å². The molecule has 0 saturated heterocycles. The number of nitrogens with one attached hydrogen (secondary N) is 1. The first-order valence-electron chi connectivity index (χ1n) is 6.35. The van der Waals surface area contributed by atoms with Crippen LogP contribution in [0.25, 0.3) is 0 Å². The number of hydrazone groups is 1. The van der Waals surface area contributed by atoms with Gasteiger partial charge in [0.2, 0.25) is 5.91 Å². The van der Waals surface area contributed by atoms with E-state index in [0.717, 1.165) is 24.3 Å². The molecule has 0 spiro atoms. The molecule has 1 unspecified atom stereocenters. The summed E-state index contributed by atoms with van der Waals surface area (Å²) in [6.45, 7) is 0. The van der Waals surface area contributed by atoms with E-state index < -0.39 is 0 Å². The van der Waals surface area contributed by atoms with Crippen molar-refractivity contribution in [3.8, 4) is 0 Å². The van der Waals surface area contributed by atoms with Crippen LogP contribution in [0.4, 0.5) is 0 Å². The lowest BCUT2D eigenvalue weighted by molar-refractivity contribution is -0.118. The number of amides is 1. The van der Waals surface area contributed by atoms with Gasteiger partial charge in [-0.15, -0.1) is 0 Å². The maximum absolute atomic E-state index is 11.6. The maximum atomic E-state index is 11.6. The molecule has 5 heteroatoms. The minimum absolute atomic E-state index is 0.0988. The Labute approximate surface area is 117 Å². The molecule has 0 aliphatic heterocycles. The first-order valence-corrected chi connectivity index (χ1v) is 7.34. The Hall–Kier alpha value is -1.62. The summed E-state index contributed by atoms with van der Waals surface area (Å²) in [7, 11) is 0. The van der Waals surface area contributed by atoms with E-state index in [-0.39, 0.29) is 5.91 Å². The molecule has 0 fully saturated rings. The highest BCUT2D eigenvalue weighted by atomic mass is 32.2. The standard InChI is InChI=1S/C14H17N3OS/c18-13(11-19-14-8-4-5-9-15-14)17-16-10-12-6-2-1-3-7-12/h1-2,4-5,8-10,12H,3,6-7,11H2,(H,17,18). The van der Waals surface area contributed by atoms with Crippen LogP contribution in [-0.4, -0.2) is 22.9 Å². The number of hydrogen-bond donors (Lipinski definition) is 1. The van der Waals surface area contributed by atoms with Crippen LogP contribution in [0.5, 0.6) is 0 Å². The summed E-state index contributed by atoms with van der Waals surface area (Å²) in [5, 5.41) is 4.86. The number of thioether (sulfide) groups is 1. The molecule has 1 amide bonds. The lowest BCUT2D eigenvalue weighted by atomic mass is 9.96. The Morgan fingerprint density at radius 3 is 3.21 bits per heavy atom. The van der Waals surface area contributed by atoms with Crippen molar-refractivity contribution in [2.45, 2.75) is 24.3 Å². The number of rotatable bonds is 5. The average molecular weight is 275 g/mol. The van der Waals surface area contributed by atoms with Gasteiger partial charge < -0.3 is 0 Å². The van der Waals surface area contributed by atoms with Crippen LogP contribution < -0.4 is 5.43 Å². The van der Waals surface area contributed by atoms with Gasteiger partial charge in [0.05, 0.1) is 10.8 Å². The SMILES string of the molecule is O=C(CSc1ccccn1)NN=CC1CC=CCC1. The third-order valence-corrected chi connectivity index (χ3v) is 3.72.